The zero-order chi connectivity index (χ0) is 8.85. The first kappa shape index (κ1) is 10.3. The number of alkyl halides is 1. The molecule has 11 heavy (non-hydrogen) atoms. The minimum Gasteiger partial charge on any atom is -0.247 e. The molecule has 0 aromatic carbocycles. The van der Waals surface area contributed by atoms with Gasteiger partial charge in [0.1, 0.15) is 12.0 Å². The summed E-state index contributed by atoms with van der Waals surface area (Å²) in [5.74, 6) is -0.509. The van der Waals surface area contributed by atoms with E-state index in [9.17, 15) is 8.78 Å². The first-order valence-electron chi connectivity index (χ1n) is 3.72. The first-order chi connectivity index (χ1) is 5.06. The van der Waals surface area contributed by atoms with Crippen LogP contribution in [0, 0.1) is 0 Å². The lowest BCUT2D eigenvalue weighted by Crippen LogP contribution is -1.97. The molecule has 0 aliphatic heterocycles. The van der Waals surface area contributed by atoms with Crippen molar-refractivity contribution in [3.8, 4) is 0 Å². The van der Waals surface area contributed by atoms with E-state index in [0.717, 1.165) is 0 Å². The van der Waals surface area contributed by atoms with Crippen LogP contribution in [-0.4, -0.2) is 6.17 Å². The van der Waals surface area contributed by atoms with Crippen molar-refractivity contribution in [3.05, 3.63) is 24.1 Å². The van der Waals surface area contributed by atoms with Crippen molar-refractivity contribution < 1.29 is 8.78 Å². The van der Waals surface area contributed by atoms with Gasteiger partial charge in [-0.15, -0.1) is 0 Å². The van der Waals surface area contributed by atoms with Crippen LogP contribution in [0.5, 0.6) is 0 Å². The molecular formula is C9H14F2. The van der Waals surface area contributed by atoms with Gasteiger partial charge in [-0.05, 0) is 25.8 Å². The van der Waals surface area contributed by atoms with Gasteiger partial charge in [-0.25, -0.2) is 8.78 Å². The first-order valence-corrected chi connectivity index (χ1v) is 3.72. The van der Waals surface area contributed by atoms with E-state index in [0.29, 0.717) is 18.4 Å². The Morgan fingerprint density at radius 1 is 1.64 bits per heavy atom. The van der Waals surface area contributed by atoms with Gasteiger partial charge in [0.15, 0.2) is 0 Å². The zero-order valence-electron chi connectivity index (χ0n) is 7.03. The van der Waals surface area contributed by atoms with E-state index in [4.69, 9.17) is 0 Å². The predicted octanol–water partition coefficient (Wildman–Crippen LogP) is 3.55. The Balaban J connectivity index is 3.85. The monoisotopic (exact) mass is 160 g/mol. The van der Waals surface area contributed by atoms with E-state index >= 15 is 0 Å². The molecule has 0 bridgehead atoms. The molecule has 0 aromatic rings. The molecule has 1 unspecified atom stereocenters. The molecule has 64 valence electrons. The molecule has 0 amide bonds. The average Bonchev–Trinajstić information content (AvgIpc) is 1.85. The number of hydrogen-bond acceptors (Lipinski definition) is 0. The van der Waals surface area contributed by atoms with Crippen molar-refractivity contribution in [1.29, 1.82) is 0 Å². The molecule has 0 heterocycles. The quantitative estimate of drug-likeness (QED) is 0.551. The molecule has 1 atom stereocenters. The second kappa shape index (κ2) is 5.05. The molecule has 0 aliphatic carbocycles. The fourth-order valence-corrected chi connectivity index (χ4v) is 0.820. The third-order valence-electron chi connectivity index (χ3n) is 1.39. The Morgan fingerprint density at radius 2 is 2.18 bits per heavy atom. The predicted molar refractivity (Wildman–Crippen MR) is 43.8 cm³/mol. The average molecular weight is 160 g/mol. The van der Waals surface area contributed by atoms with Gasteiger partial charge in [0, 0.05) is 0 Å². The molecule has 0 N–H and O–H groups in total. The third-order valence-corrected chi connectivity index (χ3v) is 1.39. The number of allylic oxidation sites excluding steroid dienone is 3. The molecule has 0 aromatic heterocycles. The molecule has 0 saturated heterocycles. The van der Waals surface area contributed by atoms with Crippen molar-refractivity contribution in [2.45, 2.75) is 32.9 Å². The Labute approximate surface area is 66.6 Å². The van der Waals surface area contributed by atoms with Crippen LogP contribution in [0.25, 0.3) is 0 Å². The van der Waals surface area contributed by atoms with Crippen LogP contribution in [0.3, 0.4) is 0 Å². The molecule has 2 heteroatoms. The summed E-state index contributed by atoms with van der Waals surface area (Å²) in [5, 5.41) is 0. The minimum atomic E-state index is -0.856. The zero-order valence-corrected chi connectivity index (χ0v) is 7.03. The van der Waals surface area contributed by atoms with E-state index in [1.165, 1.54) is 6.08 Å². The van der Waals surface area contributed by atoms with Crippen molar-refractivity contribution >= 4 is 0 Å². The van der Waals surface area contributed by atoms with Gasteiger partial charge in [0.05, 0.1) is 0 Å². The van der Waals surface area contributed by atoms with Gasteiger partial charge in [0.25, 0.3) is 0 Å². The Kier molecular flexibility index (Phi) is 4.75. The summed E-state index contributed by atoms with van der Waals surface area (Å²) < 4.78 is 24.8. The van der Waals surface area contributed by atoms with Gasteiger partial charge in [-0.3, -0.25) is 0 Å². The molecule has 0 nitrogen and oxygen atoms in total. The van der Waals surface area contributed by atoms with Crippen LogP contribution in [0.1, 0.15) is 26.7 Å². The maximum atomic E-state index is 12.6. The molecule has 0 aliphatic rings. The molecule has 0 saturated carbocycles. The van der Waals surface area contributed by atoms with E-state index in [-0.39, 0.29) is 0 Å². The second-order valence-electron chi connectivity index (χ2n) is 2.65. The summed E-state index contributed by atoms with van der Waals surface area (Å²) in [5.41, 5.74) is 0.701. The molecular weight excluding hydrogens is 146 g/mol. The van der Waals surface area contributed by atoms with Crippen LogP contribution in [0.15, 0.2) is 24.1 Å². The summed E-state index contributed by atoms with van der Waals surface area (Å²) >= 11 is 0. The Morgan fingerprint density at radius 3 is 2.55 bits per heavy atom. The number of hydrogen-bond donors (Lipinski definition) is 0. The van der Waals surface area contributed by atoms with Gasteiger partial charge >= 0.3 is 0 Å². The van der Waals surface area contributed by atoms with Crippen LogP contribution in [0.2, 0.25) is 0 Å². The molecule has 0 rings (SSSR count). The van der Waals surface area contributed by atoms with E-state index in [1.54, 1.807) is 13.8 Å². The lowest BCUT2D eigenvalue weighted by Gasteiger charge is -2.03. The highest BCUT2D eigenvalue weighted by Crippen LogP contribution is 2.12. The number of rotatable bonds is 4. The van der Waals surface area contributed by atoms with Crippen LogP contribution in [0.4, 0.5) is 8.78 Å². The SMILES string of the molecule is C=C(F)/C=C(/C)CC(F)CC. The van der Waals surface area contributed by atoms with Crippen molar-refractivity contribution in [3.63, 3.8) is 0 Å². The highest BCUT2D eigenvalue weighted by Gasteiger charge is 2.03. The lowest BCUT2D eigenvalue weighted by molar-refractivity contribution is 0.322. The van der Waals surface area contributed by atoms with Crippen LogP contribution < -0.4 is 0 Å². The van der Waals surface area contributed by atoms with E-state index in [1.807, 2.05) is 0 Å². The minimum absolute atomic E-state index is 0.305. The van der Waals surface area contributed by atoms with Crippen LogP contribution >= 0.6 is 0 Å². The molecule has 0 spiro atoms. The molecule has 0 fully saturated rings. The van der Waals surface area contributed by atoms with Crippen LogP contribution in [-0.2, 0) is 0 Å². The summed E-state index contributed by atoms with van der Waals surface area (Å²) in [6.07, 6.45) is 1.19. The van der Waals surface area contributed by atoms with Gasteiger partial charge in [-0.1, -0.05) is 19.1 Å². The van der Waals surface area contributed by atoms with Gasteiger partial charge in [0.2, 0.25) is 0 Å². The highest BCUT2D eigenvalue weighted by atomic mass is 19.1. The summed E-state index contributed by atoms with van der Waals surface area (Å²) in [6.45, 7) is 6.53. The van der Waals surface area contributed by atoms with Crippen molar-refractivity contribution in [2.75, 3.05) is 0 Å². The van der Waals surface area contributed by atoms with Crippen molar-refractivity contribution in [2.24, 2.45) is 0 Å². The number of halogens is 2. The Hall–Kier alpha value is -0.660. The fourth-order valence-electron chi connectivity index (χ4n) is 0.820. The normalized spacial score (nSPS) is 14.7. The third kappa shape index (κ3) is 5.77. The van der Waals surface area contributed by atoms with Crippen molar-refractivity contribution in [1.82, 2.24) is 0 Å². The van der Waals surface area contributed by atoms with E-state index < -0.39 is 12.0 Å². The highest BCUT2D eigenvalue weighted by molar-refractivity contribution is 5.13. The standard InChI is InChI=1S/C9H14F2/c1-4-9(11)6-7(2)5-8(3)10/h5,9H,3-4,6H2,1-2H3/b7-5-. The molecule has 0 radical (unpaired) electrons. The lowest BCUT2D eigenvalue weighted by atomic mass is 10.1. The van der Waals surface area contributed by atoms with Gasteiger partial charge in [-0.2, -0.15) is 0 Å². The van der Waals surface area contributed by atoms with Gasteiger partial charge < -0.3 is 0 Å². The maximum Gasteiger partial charge on any atom is 0.115 e. The fraction of sp³-hybridized carbons (Fsp3) is 0.556. The maximum absolute atomic E-state index is 12.6. The van der Waals surface area contributed by atoms with E-state index in [2.05, 4.69) is 6.58 Å². The summed E-state index contributed by atoms with van der Waals surface area (Å²) in [6, 6.07) is 0. The topological polar surface area (TPSA) is 0 Å². The summed E-state index contributed by atoms with van der Waals surface area (Å²) in [7, 11) is 0. The smallest absolute Gasteiger partial charge is 0.115 e. The summed E-state index contributed by atoms with van der Waals surface area (Å²) in [4.78, 5) is 0. The second-order valence-corrected chi connectivity index (χ2v) is 2.65. The Bertz CT molecular complexity index is 159. The largest absolute Gasteiger partial charge is 0.247 e.